The second kappa shape index (κ2) is 6.13. The lowest BCUT2D eigenvalue weighted by atomic mass is 10.0. The largest absolute Gasteiger partial charge is 0.464 e. The number of carbonyl (C=O) groups is 1. The van der Waals surface area contributed by atoms with Gasteiger partial charge in [-0.1, -0.05) is 0 Å². The molecule has 0 saturated heterocycles. The van der Waals surface area contributed by atoms with Gasteiger partial charge in [0.2, 0.25) is 0 Å². The van der Waals surface area contributed by atoms with Crippen molar-refractivity contribution in [2.45, 2.75) is 19.2 Å². The number of anilines is 1. The van der Waals surface area contributed by atoms with Crippen LogP contribution in [0.3, 0.4) is 0 Å². The maximum Gasteiger partial charge on any atom is 0.416 e. The van der Waals surface area contributed by atoms with Gasteiger partial charge < -0.3 is 14.7 Å². The number of aliphatic hydroxyl groups excluding tert-OH is 1. The molecule has 0 radical (unpaired) electrons. The third kappa shape index (κ3) is 3.63. The highest BCUT2D eigenvalue weighted by Crippen LogP contribution is 2.36. The predicted octanol–water partition coefficient (Wildman–Crippen LogP) is 2.37. The Balaban J connectivity index is 3.31. The second-order valence-corrected chi connectivity index (χ2v) is 4.32. The van der Waals surface area contributed by atoms with E-state index in [1.165, 1.54) is 13.0 Å². The highest BCUT2D eigenvalue weighted by atomic mass is 19.4. The van der Waals surface area contributed by atoms with Gasteiger partial charge in [0.15, 0.2) is 6.10 Å². The van der Waals surface area contributed by atoms with Crippen molar-refractivity contribution < 1.29 is 27.8 Å². The molecular formula is C13H16F3NO3. The molecular weight excluding hydrogens is 275 g/mol. The number of ether oxygens (including phenoxy) is 1. The molecule has 4 nitrogen and oxygen atoms in total. The molecule has 112 valence electrons. The van der Waals surface area contributed by atoms with E-state index in [4.69, 9.17) is 0 Å². The van der Waals surface area contributed by atoms with Crippen molar-refractivity contribution in [2.24, 2.45) is 0 Å². The van der Waals surface area contributed by atoms with Crippen LogP contribution in [-0.2, 0) is 15.7 Å². The fourth-order valence-corrected chi connectivity index (χ4v) is 1.66. The Labute approximate surface area is 114 Å². The third-order valence-electron chi connectivity index (χ3n) is 2.66. The topological polar surface area (TPSA) is 49.8 Å². The summed E-state index contributed by atoms with van der Waals surface area (Å²) in [6.45, 7) is 1.48. The monoisotopic (exact) mass is 291 g/mol. The van der Waals surface area contributed by atoms with Crippen molar-refractivity contribution in [3.63, 3.8) is 0 Å². The molecule has 1 N–H and O–H groups in total. The zero-order chi connectivity index (χ0) is 15.5. The summed E-state index contributed by atoms with van der Waals surface area (Å²) in [5.41, 5.74) is -1.12. The van der Waals surface area contributed by atoms with Gasteiger partial charge >= 0.3 is 12.1 Å². The first kappa shape index (κ1) is 16.3. The molecule has 1 atom stereocenters. The summed E-state index contributed by atoms with van der Waals surface area (Å²) in [7, 11) is 3.28. The van der Waals surface area contributed by atoms with E-state index in [1.54, 1.807) is 19.0 Å². The number of esters is 1. The number of halogens is 3. The number of alkyl halides is 3. The number of hydrogen-bond donors (Lipinski definition) is 1. The van der Waals surface area contributed by atoms with E-state index < -0.39 is 29.4 Å². The number of carbonyl (C=O) groups excluding carboxylic acids is 1. The summed E-state index contributed by atoms with van der Waals surface area (Å²) in [6.07, 6.45) is -6.63. The van der Waals surface area contributed by atoms with Gasteiger partial charge in [-0.25, -0.2) is 4.79 Å². The Morgan fingerprint density at radius 3 is 2.45 bits per heavy atom. The number of rotatable bonds is 4. The van der Waals surface area contributed by atoms with Crippen molar-refractivity contribution in [1.29, 1.82) is 0 Å². The quantitative estimate of drug-likeness (QED) is 0.865. The van der Waals surface area contributed by atoms with E-state index in [-0.39, 0.29) is 6.61 Å². The Morgan fingerprint density at radius 2 is 2.00 bits per heavy atom. The summed E-state index contributed by atoms with van der Waals surface area (Å²) in [4.78, 5) is 13.0. The van der Waals surface area contributed by atoms with E-state index >= 15 is 0 Å². The lowest BCUT2D eigenvalue weighted by Gasteiger charge is -2.20. The first-order valence-corrected chi connectivity index (χ1v) is 5.91. The van der Waals surface area contributed by atoms with E-state index in [2.05, 4.69) is 4.74 Å². The second-order valence-electron chi connectivity index (χ2n) is 4.32. The lowest BCUT2D eigenvalue weighted by molar-refractivity contribution is -0.154. The van der Waals surface area contributed by atoms with E-state index in [0.717, 1.165) is 12.1 Å². The van der Waals surface area contributed by atoms with Gasteiger partial charge in [0.1, 0.15) is 0 Å². The standard InChI is InChI=1S/C13H16F3NO3/c1-4-20-12(19)11(18)9-7-8(17(2)3)5-6-10(9)13(14,15)16/h5-7,11,18H,4H2,1-3H3. The normalized spacial score (nSPS) is 12.9. The minimum absolute atomic E-state index is 0.0232. The molecule has 1 aromatic rings. The molecule has 0 fully saturated rings. The third-order valence-corrected chi connectivity index (χ3v) is 2.66. The van der Waals surface area contributed by atoms with Crippen molar-refractivity contribution in [2.75, 3.05) is 25.6 Å². The number of nitrogens with zero attached hydrogens (tertiary/aromatic N) is 1. The Kier molecular flexibility index (Phi) is 4.99. The SMILES string of the molecule is CCOC(=O)C(O)c1cc(N(C)C)ccc1C(F)(F)F. The number of benzene rings is 1. The van der Waals surface area contributed by atoms with Gasteiger partial charge in [-0.15, -0.1) is 0 Å². The van der Waals surface area contributed by atoms with E-state index in [0.29, 0.717) is 5.69 Å². The minimum Gasteiger partial charge on any atom is -0.464 e. The van der Waals surface area contributed by atoms with E-state index in [1.807, 2.05) is 0 Å². The van der Waals surface area contributed by atoms with Crippen molar-refractivity contribution in [1.82, 2.24) is 0 Å². The van der Waals surface area contributed by atoms with Crippen LogP contribution in [0.5, 0.6) is 0 Å². The molecule has 0 aliphatic heterocycles. The molecule has 0 aliphatic carbocycles. The van der Waals surface area contributed by atoms with Crippen molar-refractivity contribution in [3.05, 3.63) is 29.3 Å². The van der Waals surface area contributed by atoms with Crippen LogP contribution in [0.4, 0.5) is 18.9 Å². The van der Waals surface area contributed by atoms with Crippen LogP contribution >= 0.6 is 0 Å². The number of aliphatic hydroxyl groups is 1. The molecule has 7 heteroatoms. The summed E-state index contributed by atoms with van der Waals surface area (Å²) < 4.78 is 43.3. The molecule has 1 aromatic carbocycles. The summed E-state index contributed by atoms with van der Waals surface area (Å²) in [5.74, 6) is -1.10. The Bertz CT molecular complexity index is 486. The van der Waals surface area contributed by atoms with Crippen molar-refractivity contribution >= 4 is 11.7 Å². The molecule has 0 bridgehead atoms. The van der Waals surface area contributed by atoms with Gasteiger partial charge in [-0.3, -0.25) is 0 Å². The minimum atomic E-state index is -4.66. The number of hydrogen-bond acceptors (Lipinski definition) is 4. The lowest BCUT2D eigenvalue weighted by Crippen LogP contribution is -2.21. The maximum absolute atomic E-state index is 12.9. The molecule has 0 aromatic heterocycles. The first-order chi connectivity index (χ1) is 9.18. The zero-order valence-electron chi connectivity index (χ0n) is 11.4. The van der Waals surface area contributed by atoms with Crippen LogP contribution in [0.1, 0.15) is 24.2 Å². The molecule has 1 unspecified atom stereocenters. The van der Waals surface area contributed by atoms with Crippen LogP contribution in [-0.4, -0.2) is 31.8 Å². The smallest absolute Gasteiger partial charge is 0.416 e. The maximum atomic E-state index is 12.9. The molecule has 0 amide bonds. The summed E-state index contributed by atoms with van der Waals surface area (Å²) >= 11 is 0. The summed E-state index contributed by atoms with van der Waals surface area (Å²) in [6, 6.07) is 3.24. The molecule has 0 heterocycles. The highest BCUT2D eigenvalue weighted by Gasteiger charge is 2.37. The van der Waals surface area contributed by atoms with Gasteiger partial charge in [-0.05, 0) is 25.1 Å². The zero-order valence-corrected chi connectivity index (χ0v) is 11.4. The van der Waals surface area contributed by atoms with Crippen molar-refractivity contribution in [3.8, 4) is 0 Å². The Hall–Kier alpha value is -1.76. The van der Waals surface area contributed by atoms with Crippen LogP contribution in [0.15, 0.2) is 18.2 Å². The van der Waals surface area contributed by atoms with Gasteiger partial charge in [0, 0.05) is 25.3 Å². The summed E-state index contributed by atoms with van der Waals surface area (Å²) in [5, 5.41) is 9.78. The van der Waals surface area contributed by atoms with Gasteiger partial charge in [-0.2, -0.15) is 13.2 Å². The van der Waals surface area contributed by atoms with Gasteiger partial charge in [0.05, 0.1) is 12.2 Å². The fraction of sp³-hybridized carbons (Fsp3) is 0.462. The van der Waals surface area contributed by atoms with Gasteiger partial charge in [0.25, 0.3) is 0 Å². The van der Waals surface area contributed by atoms with Crippen LogP contribution < -0.4 is 4.90 Å². The highest BCUT2D eigenvalue weighted by molar-refractivity contribution is 5.77. The van der Waals surface area contributed by atoms with Crippen LogP contribution in [0.2, 0.25) is 0 Å². The van der Waals surface area contributed by atoms with Crippen LogP contribution in [0, 0.1) is 0 Å². The Morgan fingerprint density at radius 1 is 1.40 bits per heavy atom. The molecule has 0 aliphatic rings. The molecule has 1 rings (SSSR count). The van der Waals surface area contributed by atoms with Crippen LogP contribution in [0.25, 0.3) is 0 Å². The predicted molar refractivity (Wildman–Crippen MR) is 67.4 cm³/mol. The molecule has 20 heavy (non-hydrogen) atoms. The first-order valence-electron chi connectivity index (χ1n) is 5.91. The molecule has 0 saturated carbocycles. The average Bonchev–Trinajstić information content (AvgIpc) is 2.36. The van der Waals surface area contributed by atoms with E-state index in [9.17, 15) is 23.1 Å². The average molecular weight is 291 g/mol. The molecule has 0 spiro atoms. The fourth-order valence-electron chi connectivity index (χ4n) is 1.66.